The molecule has 2 aromatic rings. The van der Waals surface area contributed by atoms with Gasteiger partial charge < -0.3 is 15.4 Å². The maximum absolute atomic E-state index is 12.5. The van der Waals surface area contributed by atoms with Crippen LogP contribution in [0.25, 0.3) is 10.9 Å². The molecule has 1 aromatic carbocycles. The third kappa shape index (κ3) is 2.47. The minimum Gasteiger partial charge on any atom is -0.479 e. The molecule has 1 fully saturated rings. The average molecular weight is 318 g/mol. The number of H-pyrrole nitrogens is 1. The SMILES string of the molecule is Cc1cc(C)c2cc(C(=O)NC3(C(=O)O)CCSC3)[nH]c2c1. The van der Waals surface area contributed by atoms with Gasteiger partial charge in [-0.15, -0.1) is 0 Å². The number of hydrogen-bond acceptors (Lipinski definition) is 3. The Morgan fingerprint density at radius 3 is 2.73 bits per heavy atom. The summed E-state index contributed by atoms with van der Waals surface area (Å²) >= 11 is 1.55. The first-order chi connectivity index (χ1) is 10.4. The van der Waals surface area contributed by atoms with Crippen LogP contribution in [0.3, 0.4) is 0 Å². The molecule has 5 nitrogen and oxygen atoms in total. The number of benzene rings is 1. The van der Waals surface area contributed by atoms with Gasteiger partial charge in [0.2, 0.25) is 0 Å². The van der Waals surface area contributed by atoms with Gasteiger partial charge in [-0.2, -0.15) is 11.8 Å². The van der Waals surface area contributed by atoms with Gasteiger partial charge in [0, 0.05) is 16.7 Å². The molecule has 1 aromatic heterocycles. The second kappa shape index (κ2) is 5.35. The molecule has 1 aliphatic heterocycles. The maximum atomic E-state index is 12.5. The van der Waals surface area contributed by atoms with Crippen molar-refractivity contribution in [1.29, 1.82) is 0 Å². The lowest BCUT2D eigenvalue weighted by Gasteiger charge is -2.24. The standard InChI is InChI=1S/C16H18N2O3S/c1-9-5-10(2)11-7-13(17-12(11)6-9)14(19)18-16(15(20)21)3-4-22-8-16/h5-7,17H,3-4,8H2,1-2H3,(H,18,19)(H,20,21). The van der Waals surface area contributed by atoms with E-state index in [1.165, 1.54) is 0 Å². The third-order valence-electron chi connectivity index (χ3n) is 4.12. The second-order valence-corrected chi connectivity index (χ2v) is 6.98. The van der Waals surface area contributed by atoms with E-state index in [1.54, 1.807) is 17.8 Å². The zero-order valence-corrected chi connectivity index (χ0v) is 13.3. The summed E-state index contributed by atoms with van der Waals surface area (Å²) in [6.45, 7) is 4.00. The molecule has 1 unspecified atom stereocenters. The first-order valence-corrected chi connectivity index (χ1v) is 8.30. The second-order valence-electron chi connectivity index (χ2n) is 5.87. The van der Waals surface area contributed by atoms with Gasteiger partial charge in [0.15, 0.2) is 0 Å². The van der Waals surface area contributed by atoms with Crippen molar-refractivity contribution in [1.82, 2.24) is 10.3 Å². The van der Waals surface area contributed by atoms with Gasteiger partial charge in [-0.3, -0.25) is 4.79 Å². The highest BCUT2D eigenvalue weighted by Gasteiger charge is 2.43. The summed E-state index contributed by atoms with van der Waals surface area (Å²) in [6, 6.07) is 5.83. The van der Waals surface area contributed by atoms with Crippen molar-refractivity contribution in [2.24, 2.45) is 0 Å². The van der Waals surface area contributed by atoms with Crippen LogP contribution in [-0.2, 0) is 4.79 Å². The molecule has 6 heteroatoms. The number of fused-ring (bicyclic) bond motifs is 1. The number of aromatic nitrogens is 1. The van der Waals surface area contributed by atoms with Crippen molar-refractivity contribution < 1.29 is 14.7 Å². The van der Waals surface area contributed by atoms with E-state index < -0.39 is 11.5 Å². The molecular weight excluding hydrogens is 300 g/mol. The van der Waals surface area contributed by atoms with Crippen LogP contribution in [0.5, 0.6) is 0 Å². The molecule has 0 radical (unpaired) electrons. The molecule has 116 valence electrons. The Morgan fingerprint density at radius 1 is 1.32 bits per heavy atom. The minimum atomic E-state index is -1.15. The zero-order chi connectivity index (χ0) is 15.9. The molecule has 2 heterocycles. The number of rotatable bonds is 3. The van der Waals surface area contributed by atoms with E-state index in [-0.39, 0.29) is 5.91 Å². The monoisotopic (exact) mass is 318 g/mol. The number of carbonyl (C=O) groups excluding carboxylic acids is 1. The molecule has 3 rings (SSSR count). The molecule has 1 atom stereocenters. The lowest BCUT2D eigenvalue weighted by atomic mass is 9.99. The van der Waals surface area contributed by atoms with Crippen molar-refractivity contribution in [3.8, 4) is 0 Å². The van der Waals surface area contributed by atoms with Gasteiger partial charge in [0.05, 0.1) is 0 Å². The first kappa shape index (κ1) is 15.0. The van der Waals surface area contributed by atoms with E-state index in [4.69, 9.17) is 0 Å². The fourth-order valence-electron chi connectivity index (χ4n) is 2.89. The first-order valence-electron chi connectivity index (χ1n) is 7.15. The van der Waals surface area contributed by atoms with E-state index in [9.17, 15) is 14.7 Å². The van der Waals surface area contributed by atoms with Gasteiger partial charge in [0.25, 0.3) is 5.91 Å². The van der Waals surface area contributed by atoms with E-state index >= 15 is 0 Å². The lowest BCUT2D eigenvalue weighted by molar-refractivity contribution is -0.143. The lowest BCUT2D eigenvalue weighted by Crippen LogP contribution is -2.54. The number of carboxylic acid groups (broad SMARTS) is 1. The van der Waals surface area contributed by atoms with Crippen LogP contribution < -0.4 is 5.32 Å². The number of aliphatic carboxylic acids is 1. The molecule has 1 aliphatic rings. The zero-order valence-electron chi connectivity index (χ0n) is 12.5. The number of aromatic amines is 1. The third-order valence-corrected chi connectivity index (χ3v) is 5.31. The van der Waals surface area contributed by atoms with Crippen molar-refractivity contribution in [3.05, 3.63) is 35.0 Å². The van der Waals surface area contributed by atoms with Gasteiger partial charge in [-0.25, -0.2) is 4.79 Å². The van der Waals surface area contributed by atoms with E-state index in [2.05, 4.69) is 16.4 Å². The molecule has 3 N–H and O–H groups in total. The largest absolute Gasteiger partial charge is 0.479 e. The summed E-state index contributed by atoms with van der Waals surface area (Å²) in [7, 11) is 0. The number of hydrogen-bond donors (Lipinski definition) is 3. The molecule has 0 spiro atoms. The molecule has 22 heavy (non-hydrogen) atoms. The van der Waals surface area contributed by atoms with Crippen molar-refractivity contribution >= 4 is 34.5 Å². The Bertz CT molecular complexity index is 760. The fourth-order valence-corrected chi connectivity index (χ4v) is 4.22. The predicted octanol–water partition coefficient (Wildman–Crippen LogP) is 2.47. The number of nitrogens with one attached hydrogen (secondary N) is 2. The minimum absolute atomic E-state index is 0.363. The number of aryl methyl sites for hydroxylation is 2. The van der Waals surface area contributed by atoms with E-state index in [0.29, 0.717) is 17.9 Å². The highest BCUT2D eigenvalue weighted by molar-refractivity contribution is 7.99. The van der Waals surface area contributed by atoms with Crippen LogP contribution >= 0.6 is 11.8 Å². The fraction of sp³-hybridized carbons (Fsp3) is 0.375. The summed E-state index contributed by atoms with van der Waals surface area (Å²) in [4.78, 5) is 27.1. The smallest absolute Gasteiger partial charge is 0.330 e. The maximum Gasteiger partial charge on any atom is 0.330 e. The Hall–Kier alpha value is -1.95. The van der Waals surface area contributed by atoms with Gasteiger partial charge in [-0.1, -0.05) is 6.07 Å². The van der Waals surface area contributed by atoms with E-state index in [0.717, 1.165) is 27.8 Å². The molecular formula is C16H18N2O3S. The van der Waals surface area contributed by atoms with Crippen LogP contribution in [0, 0.1) is 13.8 Å². The predicted molar refractivity (Wildman–Crippen MR) is 87.5 cm³/mol. The summed E-state index contributed by atoms with van der Waals surface area (Å²) in [6.07, 6.45) is 0.455. The number of amides is 1. The topological polar surface area (TPSA) is 82.2 Å². The van der Waals surface area contributed by atoms with Crippen LogP contribution in [0.15, 0.2) is 18.2 Å². The summed E-state index contributed by atoms with van der Waals surface area (Å²) < 4.78 is 0. The number of thioether (sulfide) groups is 1. The van der Waals surface area contributed by atoms with E-state index in [1.807, 2.05) is 19.9 Å². The average Bonchev–Trinajstić information content (AvgIpc) is 3.05. The molecule has 0 aliphatic carbocycles. The Kier molecular flexibility index (Phi) is 3.64. The van der Waals surface area contributed by atoms with Gasteiger partial charge in [0.1, 0.15) is 11.2 Å². The normalized spacial score (nSPS) is 21.2. The summed E-state index contributed by atoms with van der Waals surface area (Å²) in [5, 5.41) is 13.1. The molecule has 1 saturated heterocycles. The van der Waals surface area contributed by atoms with Crippen LogP contribution in [0.2, 0.25) is 0 Å². The Labute approximate surface area is 132 Å². The molecule has 0 bridgehead atoms. The highest BCUT2D eigenvalue weighted by Crippen LogP contribution is 2.29. The van der Waals surface area contributed by atoms with Crippen LogP contribution in [0.1, 0.15) is 28.0 Å². The summed E-state index contributed by atoms with van der Waals surface area (Å²) in [5.41, 5.74) is 2.36. The van der Waals surface area contributed by atoms with Crippen molar-refractivity contribution in [3.63, 3.8) is 0 Å². The molecule has 1 amide bonds. The van der Waals surface area contributed by atoms with Crippen molar-refractivity contribution in [2.45, 2.75) is 25.8 Å². The highest BCUT2D eigenvalue weighted by atomic mass is 32.2. The van der Waals surface area contributed by atoms with Gasteiger partial charge >= 0.3 is 5.97 Å². The Morgan fingerprint density at radius 2 is 2.09 bits per heavy atom. The van der Waals surface area contributed by atoms with Crippen LogP contribution in [-0.4, -0.2) is 39.0 Å². The Balaban J connectivity index is 1.92. The number of carbonyl (C=O) groups is 2. The quantitative estimate of drug-likeness (QED) is 0.812. The summed E-state index contributed by atoms with van der Waals surface area (Å²) in [5.74, 6) is -0.170. The number of carboxylic acids is 1. The van der Waals surface area contributed by atoms with Crippen molar-refractivity contribution in [2.75, 3.05) is 11.5 Å². The van der Waals surface area contributed by atoms with Crippen LogP contribution in [0.4, 0.5) is 0 Å². The van der Waals surface area contributed by atoms with Gasteiger partial charge in [-0.05, 0) is 49.3 Å². The molecule has 0 saturated carbocycles.